The number of aryl methyl sites for hydroxylation is 1. The van der Waals surface area contributed by atoms with Crippen molar-refractivity contribution in [2.24, 2.45) is 0 Å². The molecule has 1 amide bonds. The van der Waals surface area contributed by atoms with Gasteiger partial charge in [0, 0.05) is 19.1 Å². The van der Waals surface area contributed by atoms with Crippen LogP contribution in [0.3, 0.4) is 0 Å². The van der Waals surface area contributed by atoms with Gasteiger partial charge in [-0.15, -0.1) is 0 Å². The largest absolute Gasteiger partial charge is 0.489 e. The van der Waals surface area contributed by atoms with E-state index in [1.807, 2.05) is 42.3 Å². The van der Waals surface area contributed by atoms with Crippen LogP contribution in [0.5, 0.6) is 5.75 Å². The van der Waals surface area contributed by atoms with Crippen molar-refractivity contribution < 1.29 is 9.53 Å². The lowest BCUT2D eigenvalue weighted by atomic mass is 10.0. The molecule has 1 aliphatic rings. The molecule has 1 N–H and O–H groups in total. The summed E-state index contributed by atoms with van der Waals surface area (Å²) in [6.07, 6.45) is 2.64. The molecule has 1 unspecified atom stereocenters. The first-order valence-electron chi connectivity index (χ1n) is 9.36. The van der Waals surface area contributed by atoms with Gasteiger partial charge in [0.05, 0.1) is 6.42 Å². The molecule has 2 aromatic carbocycles. The monoisotopic (exact) mass is 352 g/mol. The van der Waals surface area contributed by atoms with Crippen LogP contribution in [0.1, 0.15) is 29.5 Å². The van der Waals surface area contributed by atoms with Gasteiger partial charge in [0.15, 0.2) is 0 Å². The van der Waals surface area contributed by atoms with Crippen molar-refractivity contribution in [2.75, 3.05) is 20.1 Å². The summed E-state index contributed by atoms with van der Waals surface area (Å²) in [4.78, 5) is 14.6. The van der Waals surface area contributed by atoms with Crippen LogP contribution >= 0.6 is 0 Å². The Balaban J connectivity index is 1.57. The highest BCUT2D eigenvalue weighted by molar-refractivity contribution is 5.79. The number of piperidine rings is 1. The number of nitrogens with zero attached hydrogens (tertiary/aromatic N) is 1. The molecule has 2 aromatic rings. The number of nitrogens with one attached hydrogen (secondary N) is 1. The summed E-state index contributed by atoms with van der Waals surface area (Å²) >= 11 is 0. The number of likely N-dealkylation sites (N-methyl/N-ethyl adjacent to an activating group) is 1. The highest BCUT2D eigenvalue weighted by Gasteiger charge is 2.22. The lowest BCUT2D eigenvalue weighted by Gasteiger charge is -2.32. The molecule has 1 heterocycles. The van der Waals surface area contributed by atoms with E-state index in [9.17, 15) is 4.79 Å². The molecule has 4 nitrogen and oxygen atoms in total. The number of hydrogen-bond acceptors (Lipinski definition) is 3. The Hall–Kier alpha value is -2.33. The van der Waals surface area contributed by atoms with E-state index in [4.69, 9.17) is 4.74 Å². The molecular weight excluding hydrogens is 324 g/mol. The van der Waals surface area contributed by atoms with Gasteiger partial charge in [-0.1, -0.05) is 42.0 Å². The first-order chi connectivity index (χ1) is 12.6. The van der Waals surface area contributed by atoms with Crippen LogP contribution in [0.25, 0.3) is 0 Å². The fourth-order valence-electron chi connectivity index (χ4n) is 3.44. The Bertz CT molecular complexity index is 744. The fourth-order valence-corrected chi connectivity index (χ4v) is 3.44. The normalized spacial score (nSPS) is 17.2. The first kappa shape index (κ1) is 18.5. The van der Waals surface area contributed by atoms with Gasteiger partial charge in [-0.05, 0) is 50.1 Å². The van der Waals surface area contributed by atoms with Gasteiger partial charge in [-0.2, -0.15) is 0 Å². The second-order valence-corrected chi connectivity index (χ2v) is 7.07. The minimum absolute atomic E-state index is 0.195. The zero-order valence-corrected chi connectivity index (χ0v) is 15.7. The van der Waals surface area contributed by atoms with E-state index in [1.54, 1.807) is 0 Å². The Morgan fingerprint density at radius 1 is 1.19 bits per heavy atom. The summed E-state index contributed by atoms with van der Waals surface area (Å²) < 4.78 is 5.91. The first-order valence-corrected chi connectivity index (χ1v) is 9.36. The topological polar surface area (TPSA) is 41.6 Å². The number of carbonyl (C=O) groups excluding carboxylic acids is 1. The molecule has 0 aliphatic carbocycles. The number of carbonyl (C=O) groups is 1. The third-order valence-corrected chi connectivity index (χ3v) is 4.92. The van der Waals surface area contributed by atoms with Gasteiger partial charge in [-0.3, -0.25) is 4.79 Å². The van der Waals surface area contributed by atoms with Gasteiger partial charge in [0.25, 0.3) is 0 Å². The van der Waals surface area contributed by atoms with Gasteiger partial charge < -0.3 is 15.0 Å². The highest BCUT2D eigenvalue weighted by Crippen LogP contribution is 2.18. The number of amides is 1. The molecule has 26 heavy (non-hydrogen) atoms. The van der Waals surface area contributed by atoms with Crippen LogP contribution in [0.4, 0.5) is 0 Å². The van der Waals surface area contributed by atoms with Crippen LogP contribution in [0, 0.1) is 6.92 Å². The van der Waals surface area contributed by atoms with E-state index < -0.39 is 0 Å². The predicted molar refractivity (Wildman–Crippen MR) is 104 cm³/mol. The Morgan fingerprint density at radius 3 is 2.81 bits per heavy atom. The standard InChI is InChI=1S/C22H28N2O2/c1-17-6-3-8-19(12-17)16-26-21-10-4-7-18(13-21)14-22(25)24-11-5-9-20(15-24)23-2/h3-4,6-8,10,12-13,20,23H,5,9,11,14-16H2,1-2H3. The van der Waals surface area contributed by atoms with Gasteiger partial charge in [0.1, 0.15) is 12.4 Å². The quantitative estimate of drug-likeness (QED) is 0.867. The molecule has 4 heteroatoms. The van der Waals surface area contributed by atoms with Crippen LogP contribution in [0.2, 0.25) is 0 Å². The average molecular weight is 352 g/mol. The van der Waals surface area contributed by atoms with Crippen LogP contribution in [-0.4, -0.2) is 37.0 Å². The number of ether oxygens (including phenoxy) is 1. The van der Waals surface area contributed by atoms with Crippen molar-refractivity contribution in [2.45, 2.75) is 38.8 Å². The predicted octanol–water partition coefficient (Wildman–Crippen LogP) is 3.33. The summed E-state index contributed by atoms with van der Waals surface area (Å²) in [5.41, 5.74) is 3.38. The van der Waals surface area contributed by atoms with Crippen LogP contribution in [0.15, 0.2) is 48.5 Å². The zero-order chi connectivity index (χ0) is 18.4. The third kappa shape index (κ3) is 5.09. The number of benzene rings is 2. The summed E-state index contributed by atoms with van der Waals surface area (Å²) in [5, 5.41) is 3.28. The smallest absolute Gasteiger partial charge is 0.227 e. The summed E-state index contributed by atoms with van der Waals surface area (Å²) in [6.45, 7) is 4.28. The maximum atomic E-state index is 12.6. The van der Waals surface area contributed by atoms with Crippen molar-refractivity contribution in [1.29, 1.82) is 0 Å². The molecule has 138 valence electrons. The Kier molecular flexibility index (Phi) is 6.29. The van der Waals surface area contributed by atoms with Crippen molar-refractivity contribution in [3.05, 3.63) is 65.2 Å². The fraction of sp³-hybridized carbons (Fsp3) is 0.409. The van der Waals surface area contributed by atoms with E-state index in [-0.39, 0.29) is 5.91 Å². The molecular formula is C22H28N2O2. The molecule has 0 bridgehead atoms. The van der Waals surface area contributed by atoms with E-state index in [1.165, 1.54) is 5.56 Å². The molecule has 0 saturated carbocycles. The number of likely N-dealkylation sites (tertiary alicyclic amines) is 1. The lowest BCUT2D eigenvalue weighted by Crippen LogP contribution is -2.47. The van der Waals surface area contributed by atoms with Crippen LogP contribution < -0.4 is 10.1 Å². The molecule has 0 aromatic heterocycles. The highest BCUT2D eigenvalue weighted by atomic mass is 16.5. The van der Waals surface area contributed by atoms with Gasteiger partial charge in [0.2, 0.25) is 5.91 Å². The van der Waals surface area contributed by atoms with Crippen LogP contribution in [-0.2, 0) is 17.8 Å². The molecule has 1 aliphatic heterocycles. The lowest BCUT2D eigenvalue weighted by molar-refractivity contribution is -0.131. The SMILES string of the molecule is CNC1CCCN(C(=O)Cc2cccc(OCc3cccc(C)c3)c2)C1. The molecule has 1 atom stereocenters. The van der Waals surface area contributed by atoms with E-state index in [2.05, 4.69) is 30.4 Å². The number of hydrogen-bond donors (Lipinski definition) is 1. The van der Waals surface area contributed by atoms with Gasteiger partial charge >= 0.3 is 0 Å². The zero-order valence-electron chi connectivity index (χ0n) is 15.7. The van der Waals surface area contributed by atoms with Gasteiger partial charge in [-0.25, -0.2) is 0 Å². The summed E-state index contributed by atoms with van der Waals surface area (Å²) in [7, 11) is 1.97. The van der Waals surface area contributed by atoms with E-state index in [0.717, 1.165) is 42.8 Å². The second kappa shape index (κ2) is 8.86. The Morgan fingerprint density at radius 2 is 2.00 bits per heavy atom. The summed E-state index contributed by atoms with van der Waals surface area (Å²) in [6, 6.07) is 16.6. The maximum Gasteiger partial charge on any atom is 0.227 e. The molecule has 3 rings (SSSR count). The van der Waals surface area contributed by atoms with Crippen molar-refractivity contribution in [3.63, 3.8) is 0 Å². The molecule has 0 radical (unpaired) electrons. The van der Waals surface area contributed by atoms with Crippen molar-refractivity contribution in [3.8, 4) is 5.75 Å². The minimum atomic E-state index is 0.195. The van der Waals surface area contributed by atoms with Crippen molar-refractivity contribution >= 4 is 5.91 Å². The molecule has 1 fully saturated rings. The van der Waals surface area contributed by atoms with E-state index in [0.29, 0.717) is 19.1 Å². The van der Waals surface area contributed by atoms with Crippen molar-refractivity contribution in [1.82, 2.24) is 10.2 Å². The minimum Gasteiger partial charge on any atom is -0.489 e. The molecule has 1 saturated heterocycles. The average Bonchev–Trinajstić information content (AvgIpc) is 2.67. The Labute approximate surface area is 156 Å². The number of rotatable bonds is 6. The maximum absolute atomic E-state index is 12.6. The molecule has 0 spiro atoms. The summed E-state index contributed by atoms with van der Waals surface area (Å²) in [5.74, 6) is 1.00. The van der Waals surface area contributed by atoms with E-state index >= 15 is 0 Å². The third-order valence-electron chi connectivity index (χ3n) is 4.92. The second-order valence-electron chi connectivity index (χ2n) is 7.07.